The van der Waals surface area contributed by atoms with E-state index < -0.39 is 5.60 Å². The SMILES string of the molecule is CCc1nccc(C(=O)N2CCc3cc(-c4cnc5[nH]cc(C)c5c4)cc([C@@H]4CCCN4C(=O)OC(C)(C)C)c3C2)n1. The molecule has 9 nitrogen and oxygen atoms in total. The van der Waals surface area contributed by atoms with Crippen LogP contribution in [-0.2, 0) is 24.1 Å². The number of aromatic nitrogens is 4. The molecule has 9 heteroatoms. The fraction of sp³-hybridized carbons (Fsp3) is 0.424. The molecule has 5 heterocycles. The van der Waals surface area contributed by atoms with Crippen molar-refractivity contribution in [2.45, 2.75) is 78.5 Å². The Morgan fingerprint density at radius 1 is 1.12 bits per heavy atom. The van der Waals surface area contributed by atoms with Gasteiger partial charge in [-0.15, -0.1) is 0 Å². The van der Waals surface area contributed by atoms with Crippen molar-refractivity contribution in [1.29, 1.82) is 0 Å². The molecule has 0 aliphatic carbocycles. The highest BCUT2D eigenvalue weighted by Crippen LogP contribution is 2.40. The molecule has 2 aliphatic rings. The zero-order valence-corrected chi connectivity index (χ0v) is 25.0. The summed E-state index contributed by atoms with van der Waals surface area (Å²) in [6, 6.07) is 8.16. The van der Waals surface area contributed by atoms with Crippen molar-refractivity contribution in [3.63, 3.8) is 0 Å². The number of H-pyrrole nitrogens is 1. The van der Waals surface area contributed by atoms with E-state index in [9.17, 15) is 9.59 Å². The average Bonchev–Trinajstić information content (AvgIpc) is 3.62. The highest BCUT2D eigenvalue weighted by Gasteiger charge is 2.36. The molecule has 1 aromatic carbocycles. The molecule has 3 aromatic heterocycles. The number of nitrogens with one attached hydrogen (secondary N) is 1. The van der Waals surface area contributed by atoms with Gasteiger partial charge in [0.05, 0.1) is 6.04 Å². The van der Waals surface area contributed by atoms with E-state index in [0.717, 1.165) is 51.7 Å². The van der Waals surface area contributed by atoms with E-state index >= 15 is 0 Å². The number of likely N-dealkylation sites (tertiary alicyclic amines) is 1. The van der Waals surface area contributed by atoms with Crippen molar-refractivity contribution in [1.82, 2.24) is 29.7 Å². The molecular weight excluding hydrogens is 528 g/mol. The number of hydrogen-bond acceptors (Lipinski definition) is 6. The third-order valence-corrected chi connectivity index (χ3v) is 8.22. The minimum atomic E-state index is -0.584. The fourth-order valence-electron chi connectivity index (χ4n) is 6.11. The molecule has 1 fully saturated rings. The summed E-state index contributed by atoms with van der Waals surface area (Å²) < 4.78 is 5.82. The average molecular weight is 567 g/mol. The molecule has 1 atom stereocenters. The number of aromatic amines is 1. The highest BCUT2D eigenvalue weighted by molar-refractivity contribution is 5.92. The van der Waals surface area contributed by atoms with Crippen LogP contribution in [0.5, 0.6) is 0 Å². The summed E-state index contributed by atoms with van der Waals surface area (Å²) in [6.45, 7) is 11.4. The summed E-state index contributed by atoms with van der Waals surface area (Å²) in [5.74, 6) is 0.562. The molecule has 4 aromatic rings. The number of benzene rings is 1. The van der Waals surface area contributed by atoms with Crippen LogP contribution in [0, 0.1) is 6.92 Å². The Morgan fingerprint density at radius 2 is 1.95 bits per heavy atom. The molecule has 2 aliphatic heterocycles. The van der Waals surface area contributed by atoms with Gasteiger partial charge in [-0.25, -0.2) is 19.7 Å². The van der Waals surface area contributed by atoms with Crippen molar-refractivity contribution < 1.29 is 14.3 Å². The number of carbonyl (C=O) groups is 2. The molecule has 0 unspecified atom stereocenters. The van der Waals surface area contributed by atoms with Crippen molar-refractivity contribution in [2.24, 2.45) is 0 Å². The molecule has 0 radical (unpaired) electrons. The number of carbonyl (C=O) groups excluding carboxylic acids is 2. The Labute approximate surface area is 246 Å². The lowest BCUT2D eigenvalue weighted by molar-refractivity contribution is 0.0222. The Kier molecular flexibility index (Phi) is 7.20. The van der Waals surface area contributed by atoms with Gasteiger partial charge in [0.1, 0.15) is 22.8 Å². The van der Waals surface area contributed by atoms with E-state index in [0.29, 0.717) is 44.0 Å². The van der Waals surface area contributed by atoms with Gasteiger partial charge in [0.15, 0.2) is 0 Å². The topological polar surface area (TPSA) is 104 Å². The second kappa shape index (κ2) is 10.9. The van der Waals surface area contributed by atoms with E-state index in [-0.39, 0.29) is 18.0 Å². The largest absolute Gasteiger partial charge is 0.444 e. The van der Waals surface area contributed by atoms with Gasteiger partial charge in [0.2, 0.25) is 0 Å². The lowest BCUT2D eigenvalue weighted by Crippen LogP contribution is -2.39. The lowest BCUT2D eigenvalue weighted by Gasteiger charge is -2.34. The van der Waals surface area contributed by atoms with Crippen LogP contribution in [0.4, 0.5) is 4.79 Å². The van der Waals surface area contributed by atoms with Crippen LogP contribution in [0.2, 0.25) is 0 Å². The second-order valence-corrected chi connectivity index (χ2v) is 12.3. The summed E-state index contributed by atoms with van der Waals surface area (Å²) in [6.07, 6.45) is 8.35. The molecule has 1 saturated heterocycles. The number of amides is 2. The number of nitrogens with zero attached hydrogens (tertiary/aromatic N) is 5. The number of fused-ring (bicyclic) bond motifs is 2. The van der Waals surface area contributed by atoms with Crippen molar-refractivity contribution in [3.05, 3.63) is 76.6 Å². The number of aryl methyl sites for hydroxylation is 2. The smallest absolute Gasteiger partial charge is 0.410 e. The maximum atomic E-state index is 13.6. The first-order chi connectivity index (χ1) is 20.1. The third kappa shape index (κ3) is 5.35. The van der Waals surface area contributed by atoms with Crippen molar-refractivity contribution in [3.8, 4) is 11.1 Å². The zero-order valence-electron chi connectivity index (χ0n) is 25.0. The van der Waals surface area contributed by atoms with Gasteiger partial charge in [0, 0.05) is 55.6 Å². The maximum Gasteiger partial charge on any atom is 0.410 e. The van der Waals surface area contributed by atoms with Gasteiger partial charge in [-0.2, -0.15) is 0 Å². The quantitative estimate of drug-likeness (QED) is 0.317. The molecule has 2 amide bonds. The highest BCUT2D eigenvalue weighted by atomic mass is 16.6. The Hall–Kier alpha value is -4.27. The Bertz CT molecular complexity index is 1670. The summed E-state index contributed by atoms with van der Waals surface area (Å²) >= 11 is 0. The maximum absolute atomic E-state index is 13.6. The van der Waals surface area contributed by atoms with E-state index in [1.807, 2.05) is 49.9 Å². The van der Waals surface area contributed by atoms with Crippen LogP contribution in [0.25, 0.3) is 22.2 Å². The predicted molar refractivity (Wildman–Crippen MR) is 161 cm³/mol. The number of ether oxygens (including phenoxy) is 1. The molecule has 1 N–H and O–H groups in total. The molecule has 6 rings (SSSR count). The molecule has 42 heavy (non-hydrogen) atoms. The van der Waals surface area contributed by atoms with Gasteiger partial charge >= 0.3 is 6.09 Å². The first-order valence-corrected chi connectivity index (χ1v) is 14.8. The van der Waals surface area contributed by atoms with E-state index in [2.05, 4.69) is 45.1 Å². The molecular formula is C33H38N6O3. The van der Waals surface area contributed by atoms with Gasteiger partial charge in [0.25, 0.3) is 5.91 Å². The van der Waals surface area contributed by atoms with Gasteiger partial charge in [-0.1, -0.05) is 13.0 Å². The molecule has 218 valence electrons. The minimum absolute atomic E-state index is 0.0965. The van der Waals surface area contributed by atoms with Gasteiger partial charge < -0.3 is 19.5 Å². The summed E-state index contributed by atoms with van der Waals surface area (Å²) in [4.78, 5) is 47.3. The van der Waals surface area contributed by atoms with Crippen LogP contribution in [0.1, 0.15) is 85.1 Å². The van der Waals surface area contributed by atoms with E-state index in [4.69, 9.17) is 4.74 Å². The Balaban J connectivity index is 1.42. The standard InChI is InChI=1S/C33H38N6O3/c1-6-29-34-11-9-27(37-29)31(40)38-13-10-21-14-22(23-16-24-20(2)17-35-30(24)36-18-23)15-25(26(21)19-38)28-8-7-12-39(28)32(41)42-33(3,4)5/h9,11,14-18,28H,6-8,10,12-13,19H2,1-5H3,(H,35,36)/t28-/m0/s1. The van der Waals surface area contributed by atoms with Crippen LogP contribution in [-0.4, -0.2) is 60.4 Å². The van der Waals surface area contributed by atoms with E-state index in [1.54, 1.807) is 12.3 Å². The van der Waals surface area contributed by atoms with Crippen molar-refractivity contribution >= 4 is 23.0 Å². The van der Waals surface area contributed by atoms with Crippen LogP contribution < -0.4 is 0 Å². The number of rotatable bonds is 4. The van der Waals surface area contributed by atoms with Gasteiger partial charge in [-0.3, -0.25) is 4.79 Å². The first-order valence-electron chi connectivity index (χ1n) is 14.8. The monoisotopic (exact) mass is 566 g/mol. The third-order valence-electron chi connectivity index (χ3n) is 8.22. The number of pyridine rings is 1. The predicted octanol–water partition coefficient (Wildman–Crippen LogP) is 6.16. The normalized spacial score (nSPS) is 17.0. The molecule has 0 bridgehead atoms. The molecule has 0 saturated carbocycles. The van der Waals surface area contributed by atoms with Gasteiger partial charge in [-0.05, 0) is 93.0 Å². The fourth-order valence-corrected chi connectivity index (χ4v) is 6.11. The lowest BCUT2D eigenvalue weighted by atomic mass is 9.86. The summed E-state index contributed by atoms with van der Waals surface area (Å²) in [5.41, 5.74) is 7.33. The second-order valence-electron chi connectivity index (χ2n) is 12.3. The van der Waals surface area contributed by atoms with Crippen LogP contribution in [0.3, 0.4) is 0 Å². The molecule has 0 spiro atoms. The first kappa shape index (κ1) is 27.9. The zero-order chi connectivity index (χ0) is 29.6. The van der Waals surface area contributed by atoms with Crippen LogP contribution in [0.15, 0.2) is 42.9 Å². The minimum Gasteiger partial charge on any atom is -0.444 e. The summed E-state index contributed by atoms with van der Waals surface area (Å²) in [7, 11) is 0. The van der Waals surface area contributed by atoms with Crippen LogP contribution >= 0.6 is 0 Å². The summed E-state index contributed by atoms with van der Waals surface area (Å²) in [5, 5.41) is 1.09. The Morgan fingerprint density at radius 3 is 2.74 bits per heavy atom. The number of hydrogen-bond donors (Lipinski definition) is 1. The van der Waals surface area contributed by atoms with Crippen molar-refractivity contribution in [2.75, 3.05) is 13.1 Å². The van der Waals surface area contributed by atoms with E-state index in [1.165, 1.54) is 5.56 Å².